The van der Waals surface area contributed by atoms with E-state index in [1.54, 1.807) is 26.4 Å². The molecule has 2 aromatic rings. The standard InChI is InChI=1S/C19H23N3O4/c1-25-16-7-12(23)8-17(26-2)14(16)10-22-6-5-15-13(9-22)19(24)21-18(20-15)11-3-4-11/h7-8,11,23H,3-6,9-10H2,1-2H3,(H,20,21,24). The fraction of sp³-hybridized carbons (Fsp3) is 0.474. The topological polar surface area (TPSA) is 87.7 Å². The highest BCUT2D eigenvalue weighted by molar-refractivity contribution is 5.50. The van der Waals surface area contributed by atoms with Gasteiger partial charge in [-0.05, 0) is 12.8 Å². The summed E-state index contributed by atoms with van der Waals surface area (Å²) in [6.45, 7) is 1.91. The van der Waals surface area contributed by atoms with Crippen molar-refractivity contribution in [1.82, 2.24) is 14.9 Å². The number of aromatic hydroxyl groups is 1. The van der Waals surface area contributed by atoms with Gasteiger partial charge in [-0.15, -0.1) is 0 Å². The third kappa shape index (κ3) is 3.14. The summed E-state index contributed by atoms with van der Waals surface area (Å²) in [5.41, 5.74) is 2.51. The second-order valence-electron chi connectivity index (χ2n) is 6.94. The summed E-state index contributed by atoms with van der Waals surface area (Å²) in [4.78, 5) is 22.3. The van der Waals surface area contributed by atoms with Crippen LogP contribution in [0.3, 0.4) is 0 Å². The zero-order valence-electron chi connectivity index (χ0n) is 15.0. The van der Waals surface area contributed by atoms with Gasteiger partial charge in [-0.3, -0.25) is 9.69 Å². The Morgan fingerprint density at radius 2 is 1.96 bits per heavy atom. The molecule has 0 amide bonds. The number of benzene rings is 1. The van der Waals surface area contributed by atoms with Crippen molar-refractivity contribution < 1.29 is 14.6 Å². The van der Waals surface area contributed by atoms with E-state index >= 15 is 0 Å². The Bertz CT molecular complexity index is 864. The molecule has 1 saturated carbocycles. The number of H-pyrrole nitrogens is 1. The number of aromatic amines is 1. The van der Waals surface area contributed by atoms with Gasteiger partial charge in [0.25, 0.3) is 5.56 Å². The maximum Gasteiger partial charge on any atom is 0.255 e. The fourth-order valence-electron chi connectivity index (χ4n) is 3.53. The van der Waals surface area contributed by atoms with Crippen LogP contribution >= 0.6 is 0 Å². The molecule has 138 valence electrons. The van der Waals surface area contributed by atoms with Gasteiger partial charge in [0.15, 0.2) is 0 Å². The molecule has 0 saturated heterocycles. The molecule has 2 aliphatic rings. The first-order chi connectivity index (χ1) is 12.6. The summed E-state index contributed by atoms with van der Waals surface area (Å²) in [5, 5.41) is 9.80. The van der Waals surface area contributed by atoms with Gasteiger partial charge in [0, 0.05) is 44.1 Å². The zero-order valence-corrected chi connectivity index (χ0v) is 15.0. The van der Waals surface area contributed by atoms with Crippen LogP contribution < -0.4 is 15.0 Å². The molecule has 0 atom stereocenters. The molecule has 0 bridgehead atoms. The van der Waals surface area contributed by atoms with Crippen LogP contribution in [0.25, 0.3) is 0 Å². The number of fused-ring (bicyclic) bond motifs is 1. The Balaban J connectivity index is 1.59. The van der Waals surface area contributed by atoms with Gasteiger partial charge in [0.05, 0.1) is 31.0 Å². The number of aromatic nitrogens is 2. The van der Waals surface area contributed by atoms with E-state index in [4.69, 9.17) is 14.5 Å². The summed E-state index contributed by atoms with van der Waals surface area (Å²) in [7, 11) is 3.13. The predicted octanol–water partition coefficient (Wildman–Crippen LogP) is 1.93. The molecule has 2 N–H and O–H groups in total. The lowest BCUT2D eigenvalue weighted by atomic mass is 10.0. The third-order valence-corrected chi connectivity index (χ3v) is 5.10. The molecule has 1 aliphatic heterocycles. The molecule has 0 spiro atoms. The molecule has 1 aromatic carbocycles. The average molecular weight is 357 g/mol. The number of hydrogen-bond donors (Lipinski definition) is 2. The zero-order chi connectivity index (χ0) is 18.3. The molecular formula is C19H23N3O4. The first-order valence-corrected chi connectivity index (χ1v) is 8.87. The van der Waals surface area contributed by atoms with Crippen molar-refractivity contribution in [3.05, 3.63) is 45.1 Å². The maximum atomic E-state index is 12.5. The van der Waals surface area contributed by atoms with E-state index < -0.39 is 0 Å². The van der Waals surface area contributed by atoms with Crippen molar-refractivity contribution in [3.63, 3.8) is 0 Å². The van der Waals surface area contributed by atoms with Crippen LogP contribution in [-0.2, 0) is 19.5 Å². The van der Waals surface area contributed by atoms with Gasteiger partial charge in [-0.1, -0.05) is 0 Å². The lowest BCUT2D eigenvalue weighted by molar-refractivity contribution is 0.233. The SMILES string of the molecule is COc1cc(O)cc(OC)c1CN1CCc2nc(C3CC3)[nH]c(=O)c2C1. The Kier molecular flexibility index (Phi) is 4.32. The number of methoxy groups -OCH3 is 2. The Morgan fingerprint density at radius 1 is 1.27 bits per heavy atom. The molecule has 7 heteroatoms. The molecule has 4 rings (SSSR count). The smallest absolute Gasteiger partial charge is 0.255 e. The van der Waals surface area contributed by atoms with Crippen LogP contribution in [0.15, 0.2) is 16.9 Å². The lowest BCUT2D eigenvalue weighted by Gasteiger charge is -2.28. The van der Waals surface area contributed by atoms with Crippen molar-refractivity contribution in [2.45, 2.75) is 38.3 Å². The fourth-order valence-corrected chi connectivity index (χ4v) is 3.53. The molecule has 0 radical (unpaired) electrons. The highest BCUT2D eigenvalue weighted by Crippen LogP contribution is 2.38. The van der Waals surface area contributed by atoms with E-state index in [0.717, 1.165) is 48.5 Å². The summed E-state index contributed by atoms with van der Waals surface area (Å²) in [6.07, 6.45) is 2.99. The molecule has 1 aliphatic carbocycles. The minimum absolute atomic E-state index is 0.0220. The molecule has 26 heavy (non-hydrogen) atoms. The molecule has 0 unspecified atom stereocenters. The number of ether oxygens (including phenoxy) is 2. The van der Waals surface area contributed by atoms with Crippen LogP contribution in [-0.4, -0.2) is 40.7 Å². The van der Waals surface area contributed by atoms with Gasteiger partial charge >= 0.3 is 0 Å². The van der Waals surface area contributed by atoms with Crippen LogP contribution in [0.5, 0.6) is 17.2 Å². The Hall–Kier alpha value is -2.54. The van der Waals surface area contributed by atoms with E-state index in [1.807, 2.05) is 0 Å². The van der Waals surface area contributed by atoms with Crippen LogP contribution in [0.1, 0.15) is 41.4 Å². The van der Waals surface area contributed by atoms with Crippen LogP contribution in [0.2, 0.25) is 0 Å². The quantitative estimate of drug-likeness (QED) is 0.850. The van der Waals surface area contributed by atoms with Crippen LogP contribution in [0.4, 0.5) is 0 Å². The number of hydrogen-bond acceptors (Lipinski definition) is 6. The van der Waals surface area contributed by atoms with Gasteiger partial charge in [-0.2, -0.15) is 0 Å². The molecular weight excluding hydrogens is 334 g/mol. The molecule has 1 aromatic heterocycles. The lowest BCUT2D eigenvalue weighted by Crippen LogP contribution is -2.36. The average Bonchev–Trinajstić information content (AvgIpc) is 3.48. The van der Waals surface area contributed by atoms with Gasteiger partial charge in [0.1, 0.15) is 23.1 Å². The highest BCUT2D eigenvalue weighted by atomic mass is 16.5. The third-order valence-electron chi connectivity index (χ3n) is 5.10. The Morgan fingerprint density at radius 3 is 2.58 bits per heavy atom. The van der Waals surface area contributed by atoms with Gasteiger partial charge in [-0.25, -0.2) is 4.98 Å². The summed E-state index contributed by atoms with van der Waals surface area (Å²) < 4.78 is 10.8. The second kappa shape index (κ2) is 6.64. The van der Waals surface area contributed by atoms with E-state index in [2.05, 4.69) is 9.88 Å². The maximum absolute atomic E-state index is 12.5. The number of nitrogens with one attached hydrogen (secondary N) is 1. The number of phenolic OH excluding ortho intramolecular Hbond substituents is 1. The van der Waals surface area contributed by atoms with Crippen molar-refractivity contribution in [2.75, 3.05) is 20.8 Å². The molecule has 2 heterocycles. The number of phenols is 1. The predicted molar refractivity (Wildman–Crippen MR) is 95.9 cm³/mol. The van der Waals surface area contributed by atoms with Crippen LogP contribution in [0, 0.1) is 0 Å². The normalized spacial score (nSPS) is 17.0. The number of nitrogens with zero attached hydrogens (tertiary/aromatic N) is 2. The monoisotopic (exact) mass is 357 g/mol. The number of rotatable bonds is 5. The Labute approximate surface area is 151 Å². The van der Waals surface area contributed by atoms with E-state index in [9.17, 15) is 9.90 Å². The minimum atomic E-state index is -0.0220. The van der Waals surface area contributed by atoms with Crippen molar-refractivity contribution in [1.29, 1.82) is 0 Å². The van der Waals surface area contributed by atoms with E-state index in [1.165, 1.54) is 0 Å². The van der Waals surface area contributed by atoms with Crippen molar-refractivity contribution >= 4 is 0 Å². The molecule has 1 fully saturated rings. The highest BCUT2D eigenvalue weighted by Gasteiger charge is 2.29. The second-order valence-corrected chi connectivity index (χ2v) is 6.94. The summed E-state index contributed by atoms with van der Waals surface area (Å²) in [6, 6.07) is 3.15. The summed E-state index contributed by atoms with van der Waals surface area (Å²) >= 11 is 0. The minimum Gasteiger partial charge on any atom is -0.508 e. The van der Waals surface area contributed by atoms with E-state index in [0.29, 0.717) is 30.5 Å². The first-order valence-electron chi connectivity index (χ1n) is 8.87. The van der Waals surface area contributed by atoms with Crippen molar-refractivity contribution in [3.8, 4) is 17.2 Å². The summed E-state index contributed by atoms with van der Waals surface area (Å²) in [5.74, 6) is 2.54. The van der Waals surface area contributed by atoms with Gasteiger partial charge < -0.3 is 19.6 Å². The van der Waals surface area contributed by atoms with E-state index in [-0.39, 0.29) is 11.3 Å². The molecule has 7 nitrogen and oxygen atoms in total. The largest absolute Gasteiger partial charge is 0.508 e. The van der Waals surface area contributed by atoms with Crippen molar-refractivity contribution in [2.24, 2.45) is 0 Å². The van der Waals surface area contributed by atoms with Gasteiger partial charge in [0.2, 0.25) is 0 Å². The first kappa shape index (κ1) is 16.9.